The normalized spacial score (nSPS) is 17.8. The molecular weight excluding hydrogens is 256 g/mol. The first-order valence-electron chi connectivity index (χ1n) is 7.29. The van der Waals surface area contributed by atoms with Crippen LogP contribution in [0.4, 0.5) is 0 Å². The Morgan fingerprint density at radius 1 is 1.32 bits per heavy atom. The van der Waals surface area contributed by atoms with Crippen LogP contribution in [0.1, 0.15) is 30.4 Å². The predicted molar refractivity (Wildman–Crippen MR) is 82.7 cm³/mol. The highest BCUT2D eigenvalue weighted by atomic mass is 35.5. The van der Waals surface area contributed by atoms with E-state index in [9.17, 15) is 0 Å². The minimum atomic E-state index is 0.826. The fourth-order valence-electron chi connectivity index (χ4n) is 2.74. The number of hydrogen-bond donors (Lipinski definition) is 1. The lowest BCUT2D eigenvalue weighted by molar-refractivity contribution is 0.211. The van der Waals surface area contributed by atoms with Crippen LogP contribution in [0, 0.1) is 12.8 Å². The van der Waals surface area contributed by atoms with E-state index in [4.69, 9.17) is 11.6 Å². The summed E-state index contributed by atoms with van der Waals surface area (Å²) in [5.74, 6) is 0.912. The Balaban J connectivity index is 1.66. The fraction of sp³-hybridized carbons (Fsp3) is 0.625. The zero-order valence-corrected chi connectivity index (χ0v) is 12.8. The van der Waals surface area contributed by atoms with E-state index in [-0.39, 0.29) is 0 Å². The molecule has 1 aliphatic rings. The SMILES string of the molecule is Cc1cc(Cl)ccc1CNCCC1CCN(C)CC1. The van der Waals surface area contributed by atoms with Crippen molar-refractivity contribution in [3.8, 4) is 0 Å². The number of nitrogens with zero attached hydrogens (tertiary/aromatic N) is 1. The third kappa shape index (κ3) is 4.79. The number of piperidine rings is 1. The van der Waals surface area contributed by atoms with E-state index in [1.807, 2.05) is 12.1 Å². The van der Waals surface area contributed by atoms with Crippen LogP contribution in [0.5, 0.6) is 0 Å². The van der Waals surface area contributed by atoms with E-state index < -0.39 is 0 Å². The molecular formula is C16H25ClN2. The molecule has 1 fully saturated rings. The largest absolute Gasteiger partial charge is 0.313 e. The molecule has 1 N–H and O–H groups in total. The van der Waals surface area contributed by atoms with Gasteiger partial charge in [0.2, 0.25) is 0 Å². The van der Waals surface area contributed by atoms with Crippen molar-refractivity contribution in [2.24, 2.45) is 5.92 Å². The standard InChI is InChI=1S/C16H25ClN2/c1-13-11-16(17)4-3-15(13)12-18-8-5-14-6-9-19(2)10-7-14/h3-4,11,14,18H,5-10,12H2,1-2H3. The first-order valence-corrected chi connectivity index (χ1v) is 7.67. The molecule has 1 aliphatic heterocycles. The zero-order valence-electron chi connectivity index (χ0n) is 12.1. The van der Waals surface area contributed by atoms with E-state index >= 15 is 0 Å². The highest BCUT2D eigenvalue weighted by Gasteiger charge is 2.15. The molecule has 0 atom stereocenters. The van der Waals surface area contributed by atoms with E-state index in [1.165, 1.54) is 43.5 Å². The third-order valence-corrected chi connectivity index (χ3v) is 4.42. The maximum Gasteiger partial charge on any atom is 0.0408 e. The number of halogens is 1. The van der Waals surface area contributed by atoms with Gasteiger partial charge >= 0.3 is 0 Å². The van der Waals surface area contributed by atoms with Crippen LogP contribution in [0.25, 0.3) is 0 Å². The number of aryl methyl sites for hydroxylation is 1. The van der Waals surface area contributed by atoms with E-state index in [0.717, 1.165) is 24.0 Å². The molecule has 0 aliphatic carbocycles. The third-order valence-electron chi connectivity index (χ3n) is 4.19. The van der Waals surface area contributed by atoms with Gasteiger partial charge < -0.3 is 10.2 Å². The van der Waals surface area contributed by atoms with Gasteiger partial charge in [-0.05, 0) is 82.0 Å². The average Bonchev–Trinajstić information content (AvgIpc) is 2.39. The van der Waals surface area contributed by atoms with Gasteiger partial charge in [-0.3, -0.25) is 0 Å². The summed E-state index contributed by atoms with van der Waals surface area (Å²) in [5, 5.41) is 4.39. The van der Waals surface area contributed by atoms with Crippen molar-refractivity contribution in [1.29, 1.82) is 0 Å². The molecule has 0 radical (unpaired) electrons. The number of rotatable bonds is 5. The van der Waals surface area contributed by atoms with Crippen LogP contribution in [0.2, 0.25) is 5.02 Å². The van der Waals surface area contributed by atoms with Gasteiger partial charge in [-0.25, -0.2) is 0 Å². The van der Waals surface area contributed by atoms with Crippen LogP contribution >= 0.6 is 11.6 Å². The fourth-order valence-corrected chi connectivity index (χ4v) is 2.96. The van der Waals surface area contributed by atoms with Crippen molar-refractivity contribution < 1.29 is 0 Å². The summed E-state index contributed by atoms with van der Waals surface area (Å²) in [6.45, 7) is 6.73. The quantitative estimate of drug-likeness (QED) is 0.831. The lowest BCUT2D eigenvalue weighted by atomic mass is 9.94. The summed E-state index contributed by atoms with van der Waals surface area (Å²) in [7, 11) is 2.22. The lowest BCUT2D eigenvalue weighted by Gasteiger charge is -2.28. The second-order valence-electron chi connectivity index (χ2n) is 5.78. The molecule has 106 valence electrons. The highest BCUT2D eigenvalue weighted by Crippen LogP contribution is 2.19. The summed E-state index contributed by atoms with van der Waals surface area (Å²) in [4.78, 5) is 2.43. The Bertz CT molecular complexity index is 398. The van der Waals surface area contributed by atoms with Crippen LogP contribution < -0.4 is 5.32 Å². The zero-order chi connectivity index (χ0) is 13.7. The molecule has 0 spiro atoms. The van der Waals surface area contributed by atoms with Gasteiger partial charge in [0.05, 0.1) is 0 Å². The Labute approximate surface area is 122 Å². The van der Waals surface area contributed by atoms with Crippen LogP contribution in [0.15, 0.2) is 18.2 Å². The predicted octanol–water partition coefficient (Wildman–Crippen LogP) is 3.47. The monoisotopic (exact) mass is 280 g/mol. The summed E-state index contributed by atoms with van der Waals surface area (Å²) >= 11 is 5.97. The summed E-state index contributed by atoms with van der Waals surface area (Å²) in [5.41, 5.74) is 2.63. The van der Waals surface area contributed by atoms with Crippen LogP contribution in [-0.2, 0) is 6.54 Å². The van der Waals surface area contributed by atoms with Gasteiger partial charge in [0.15, 0.2) is 0 Å². The van der Waals surface area contributed by atoms with Crippen LogP contribution in [-0.4, -0.2) is 31.6 Å². The second-order valence-corrected chi connectivity index (χ2v) is 6.22. The summed E-state index contributed by atoms with van der Waals surface area (Å²) < 4.78 is 0. The first-order chi connectivity index (χ1) is 9.15. The molecule has 0 amide bonds. The van der Waals surface area contributed by atoms with Crippen LogP contribution in [0.3, 0.4) is 0 Å². The Morgan fingerprint density at radius 2 is 2.05 bits per heavy atom. The van der Waals surface area contributed by atoms with Crippen molar-refractivity contribution in [3.05, 3.63) is 34.3 Å². The minimum absolute atomic E-state index is 0.826. The van der Waals surface area contributed by atoms with Crippen molar-refractivity contribution in [2.45, 2.75) is 32.7 Å². The Kier molecular flexibility index (Phi) is 5.68. The van der Waals surface area contributed by atoms with Crippen molar-refractivity contribution >= 4 is 11.6 Å². The number of likely N-dealkylation sites (tertiary alicyclic amines) is 1. The van der Waals surface area contributed by atoms with Crippen molar-refractivity contribution in [3.63, 3.8) is 0 Å². The molecule has 1 heterocycles. The Hall–Kier alpha value is -0.570. The summed E-state index contributed by atoms with van der Waals surface area (Å²) in [6, 6.07) is 6.14. The molecule has 0 aromatic heterocycles. The van der Waals surface area contributed by atoms with Crippen molar-refractivity contribution in [2.75, 3.05) is 26.7 Å². The second kappa shape index (κ2) is 7.28. The molecule has 2 rings (SSSR count). The Morgan fingerprint density at radius 3 is 2.74 bits per heavy atom. The van der Waals surface area contributed by atoms with E-state index in [0.29, 0.717) is 0 Å². The molecule has 0 bridgehead atoms. The van der Waals surface area contributed by atoms with E-state index in [1.54, 1.807) is 0 Å². The smallest absolute Gasteiger partial charge is 0.0408 e. The molecule has 0 unspecified atom stereocenters. The number of nitrogens with one attached hydrogen (secondary N) is 1. The number of benzene rings is 1. The maximum absolute atomic E-state index is 5.97. The minimum Gasteiger partial charge on any atom is -0.313 e. The number of hydrogen-bond acceptors (Lipinski definition) is 2. The van der Waals surface area contributed by atoms with Gasteiger partial charge in [-0.1, -0.05) is 17.7 Å². The molecule has 1 saturated heterocycles. The summed E-state index contributed by atoms with van der Waals surface area (Å²) in [6.07, 6.45) is 4.02. The highest BCUT2D eigenvalue weighted by molar-refractivity contribution is 6.30. The molecule has 3 heteroatoms. The molecule has 2 nitrogen and oxygen atoms in total. The molecule has 0 saturated carbocycles. The molecule has 19 heavy (non-hydrogen) atoms. The van der Waals surface area contributed by atoms with Gasteiger partial charge in [0.25, 0.3) is 0 Å². The maximum atomic E-state index is 5.97. The topological polar surface area (TPSA) is 15.3 Å². The average molecular weight is 281 g/mol. The van der Waals surface area contributed by atoms with Gasteiger partial charge in [0.1, 0.15) is 0 Å². The van der Waals surface area contributed by atoms with Gasteiger partial charge in [-0.15, -0.1) is 0 Å². The van der Waals surface area contributed by atoms with E-state index in [2.05, 4.69) is 30.3 Å². The van der Waals surface area contributed by atoms with Gasteiger partial charge in [-0.2, -0.15) is 0 Å². The molecule has 1 aromatic carbocycles. The van der Waals surface area contributed by atoms with Crippen molar-refractivity contribution in [1.82, 2.24) is 10.2 Å². The first kappa shape index (κ1) is 14.8. The van der Waals surface area contributed by atoms with Gasteiger partial charge in [0, 0.05) is 11.6 Å². The molecule has 1 aromatic rings. The lowest BCUT2D eigenvalue weighted by Crippen LogP contribution is -2.31.